The Balaban J connectivity index is 0.00000300. The van der Waals surface area contributed by atoms with Gasteiger partial charge >= 0.3 is 0 Å². The summed E-state index contributed by atoms with van der Waals surface area (Å²) in [6.07, 6.45) is 2.41. The van der Waals surface area contributed by atoms with E-state index in [4.69, 9.17) is 4.42 Å². The smallest absolute Gasteiger partial charge is 0.291 e. The van der Waals surface area contributed by atoms with Gasteiger partial charge in [-0.1, -0.05) is 42.5 Å². The van der Waals surface area contributed by atoms with Crippen molar-refractivity contribution in [2.45, 2.75) is 13.0 Å². The summed E-state index contributed by atoms with van der Waals surface area (Å²) in [5.41, 5.74) is 3.09. The number of guanidine groups is 1. The molecule has 0 aliphatic rings. The SMILES string of the molecule is CN=C(NCCc1ccccc1)NCc1ccc(NC(=O)c2ccco2)cc1.I. The van der Waals surface area contributed by atoms with Crippen molar-refractivity contribution in [2.24, 2.45) is 4.99 Å². The second-order valence-corrected chi connectivity index (χ2v) is 6.22. The molecule has 0 atom stereocenters. The summed E-state index contributed by atoms with van der Waals surface area (Å²) in [4.78, 5) is 16.2. The van der Waals surface area contributed by atoms with Crippen LogP contribution < -0.4 is 16.0 Å². The monoisotopic (exact) mass is 504 g/mol. The molecule has 0 spiro atoms. The molecule has 1 aromatic heterocycles. The highest BCUT2D eigenvalue weighted by atomic mass is 127. The highest BCUT2D eigenvalue weighted by molar-refractivity contribution is 14.0. The van der Waals surface area contributed by atoms with Crippen LogP contribution in [0.1, 0.15) is 21.7 Å². The lowest BCUT2D eigenvalue weighted by Gasteiger charge is -2.12. The Hall–Kier alpha value is -2.81. The average Bonchev–Trinajstić information content (AvgIpc) is 3.27. The lowest BCUT2D eigenvalue weighted by atomic mass is 10.1. The molecular formula is C22H25IN4O2. The Morgan fingerprint density at radius 1 is 0.931 bits per heavy atom. The molecule has 2 aromatic carbocycles. The first-order valence-electron chi connectivity index (χ1n) is 9.17. The zero-order valence-corrected chi connectivity index (χ0v) is 18.6. The fraction of sp³-hybridized carbons (Fsp3) is 0.182. The van der Waals surface area contributed by atoms with Crippen LogP contribution in [-0.4, -0.2) is 25.5 Å². The molecule has 3 N–H and O–H groups in total. The Morgan fingerprint density at radius 2 is 1.69 bits per heavy atom. The van der Waals surface area contributed by atoms with E-state index < -0.39 is 0 Å². The molecule has 3 rings (SSSR count). The Bertz CT molecular complexity index is 894. The predicted octanol–water partition coefficient (Wildman–Crippen LogP) is 4.06. The van der Waals surface area contributed by atoms with E-state index in [1.54, 1.807) is 19.2 Å². The van der Waals surface area contributed by atoms with Crippen LogP contribution in [0.5, 0.6) is 0 Å². The fourth-order valence-electron chi connectivity index (χ4n) is 2.68. The molecule has 0 saturated carbocycles. The van der Waals surface area contributed by atoms with Crippen molar-refractivity contribution in [2.75, 3.05) is 18.9 Å². The van der Waals surface area contributed by atoms with Crippen molar-refractivity contribution in [1.82, 2.24) is 10.6 Å². The molecule has 6 nitrogen and oxygen atoms in total. The Morgan fingerprint density at radius 3 is 2.34 bits per heavy atom. The summed E-state index contributed by atoms with van der Waals surface area (Å²) in [5, 5.41) is 9.41. The van der Waals surface area contributed by atoms with Gasteiger partial charge in [0.2, 0.25) is 0 Å². The number of anilines is 1. The van der Waals surface area contributed by atoms with Crippen molar-refractivity contribution in [3.8, 4) is 0 Å². The average molecular weight is 504 g/mol. The van der Waals surface area contributed by atoms with Crippen molar-refractivity contribution < 1.29 is 9.21 Å². The summed E-state index contributed by atoms with van der Waals surface area (Å²) in [6, 6.07) is 21.3. The third-order valence-corrected chi connectivity index (χ3v) is 4.19. The van der Waals surface area contributed by atoms with Crippen LogP contribution in [0.4, 0.5) is 5.69 Å². The minimum absolute atomic E-state index is 0. The molecule has 3 aromatic rings. The maximum atomic E-state index is 12.0. The van der Waals surface area contributed by atoms with Crippen LogP contribution in [0.2, 0.25) is 0 Å². The van der Waals surface area contributed by atoms with Gasteiger partial charge in [0.1, 0.15) is 0 Å². The van der Waals surface area contributed by atoms with Gasteiger partial charge in [0, 0.05) is 25.8 Å². The Labute approximate surface area is 187 Å². The number of halogens is 1. The van der Waals surface area contributed by atoms with E-state index in [9.17, 15) is 4.79 Å². The topological polar surface area (TPSA) is 78.7 Å². The number of carbonyl (C=O) groups is 1. The molecule has 0 saturated heterocycles. The van der Waals surface area contributed by atoms with E-state index >= 15 is 0 Å². The number of hydrogen-bond donors (Lipinski definition) is 3. The zero-order valence-electron chi connectivity index (χ0n) is 16.2. The summed E-state index contributed by atoms with van der Waals surface area (Å²) >= 11 is 0. The molecule has 0 aliphatic carbocycles. The molecule has 152 valence electrons. The van der Waals surface area contributed by atoms with Crippen molar-refractivity contribution >= 4 is 41.5 Å². The van der Waals surface area contributed by atoms with Crippen LogP contribution in [0, 0.1) is 0 Å². The molecule has 1 heterocycles. The molecule has 1 amide bonds. The van der Waals surface area contributed by atoms with Crippen LogP contribution >= 0.6 is 24.0 Å². The van der Waals surface area contributed by atoms with Gasteiger partial charge in [-0.25, -0.2) is 0 Å². The van der Waals surface area contributed by atoms with Gasteiger partial charge in [-0.15, -0.1) is 24.0 Å². The number of furan rings is 1. The second kappa shape index (κ2) is 11.9. The van der Waals surface area contributed by atoms with Crippen LogP contribution in [-0.2, 0) is 13.0 Å². The normalized spacial score (nSPS) is 10.7. The minimum Gasteiger partial charge on any atom is -0.459 e. The van der Waals surface area contributed by atoms with E-state index in [-0.39, 0.29) is 35.6 Å². The molecule has 0 radical (unpaired) electrons. The third kappa shape index (κ3) is 7.26. The molecular weight excluding hydrogens is 479 g/mol. The third-order valence-electron chi connectivity index (χ3n) is 4.19. The highest BCUT2D eigenvalue weighted by Gasteiger charge is 2.08. The standard InChI is InChI=1S/C22H24N4O2.HI/c1-23-22(24-14-13-17-6-3-2-4-7-17)25-16-18-9-11-19(12-10-18)26-21(27)20-8-5-15-28-20;/h2-12,15H,13-14,16H2,1H3,(H,26,27)(H2,23,24,25);1H. The first-order valence-corrected chi connectivity index (χ1v) is 9.17. The van der Waals surface area contributed by atoms with E-state index in [2.05, 4.69) is 33.1 Å². The first kappa shape index (κ1) is 22.5. The predicted molar refractivity (Wildman–Crippen MR) is 127 cm³/mol. The second-order valence-electron chi connectivity index (χ2n) is 6.22. The minimum atomic E-state index is -0.265. The van der Waals surface area contributed by atoms with Crippen molar-refractivity contribution in [1.29, 1.82) is 0 Å². The number of aliphatic imine (C=N–C) groups is 1. The van der Waals surface area contributed by atoms with E-state index in [0.29, 0.717) is 6.54 Å². The Kier molecular flexibility index (Phi) is 9.23. The molecule has 29 heavy (non-hydrogen) atoms. The number of nitrogens with one attached hydrogen (secondary N) is 3. The van der Waals surface area contributed by atoms with Crippen LogP contribution in [0.15, 0.2) is 82.4 Å². The summed E-state index contributed by atoms with van der Waals surface area (Å²) in [5.74, 6) is 0.779. The lowest BCUT2D eigenvalue weighted by Crippen LogP contribution is -2.37. The maximum Gasteiger partial charge on any atom is 0.291 e. The number of amides is 1. The largest absolute Gasteiger partial charge is 0.459 e. The van der Waals surface area contributed by atoms with Gasteiger partial charge in [0.25, 0.3) is 5.91 Å². The van der Waals surface area contributed by atoms with Gasteiger partial charge in [0.15, 0.2) is 11.7 Å². The lowest BCUT2D eigenvalue weighted by molar-refractivity contribution is 0.0996. The zero-order chi connectivity index (χ0) is 19.6. The molecule has 7 heteroatoms. The fourth-order valence-corrected chi connectivity index (χ4v) is 2.68. The van der Waals surface area contributed by atoms with Gasteiger partial charge in [-0.2, -0.15) is 0 Å². The molecule has 0 aliphatic heterocycles. The summed E-state index contributed by atoms with van der Waals surface area (Å²) < 4.78 is 5.09. The van der Waals surface area contributed by atoms with Gasteiger partial charge in [-0.05, 0) is 41.8 Å². The summed E-state index contributed by atoms with van der Waals surface area (Å²) in [6.45, 7) is 1.44. The maximum absolute atomic E-state index is 12.0. The summed E-state index contributed by atoms with van der Waals surface area (Å²) in [7, 11) is 1.76. The van der Waals surface area contributed by atoms with Crippen LogP contribution in [0.25, 0.3) is 0 Å². The quantitative estimate of drug-likeness (QED) is 0.258. The van der Waals surface area contributed by atoms with Crippen molar-refractivity contribution in [3.63, 3.8) is 0 Å². The van der Waals surface area contributed by atoms with Gasteiger partial charge < -0.3 is 20.4 Å². The molecule has 0 bridgehead atoms. The molecule has 0 unspecified atom stereocenters. The first-order chi connectivity index (χ1) is 13.7. The van der Waals surface area contributed by atoms with Gasteiger partial charge in [-0.3, -0.25) is 9.79 Å². The van der Waals surface area contributed by atoms with Crippen LogP contribution in [0.3, 0.4) is 0 Å². The number of rotatable bonds is 7. The highest BCUT2D eigenvalue weighted by Crippen LogP contribution is 2.11. The number of hydrogen-bond acceptors (Lipinski definition) is 3. The number of nitrogens with zero attached hydrogens (tertiary/aromatic N) is 1. The van der Waals surface area contributed by atoms with Gasteiger partial charge in [0.05, 0.1) is 6.26 Å². The van der Waals surface area contributed by atoms with E-state index in [1.165, 1.54) is 11.8 Å². The van der Waals surface area contributed by atoms with Crippen molar-refractivity contribution in [3.05, 3.63) is 89.9 Å². The van der Waals surface area contributed by atoms with E-state index in [1.807, 2.05) is 42.5 Å². The molecule has 0 fully saturated rings. The number of carbonyl (C=O) groups excluding carboxylic acids is 1. The van der Waals surface area contributed by atoms with E-state index in [0.717, 1.165) is 30.2 Å². The number of benzene rings is 2.